The molecule has 0 saturated carbocycles. The molecule has 1 atom stereocenters. The fourth-order valence-corrected chi connectivity index (χ4v) is 2.36. The predicted octanol–water partition coefficient (Wildman–Crippen LogP) is 3.05. The molecule has 0 spiro atoms. The van der Waals surface area contributed by atoms with Crippen molar-refractivity contribution in [3.05, 3.63) is 34.9 Å². The zero-order valence-corrected chi connectivity index (χ0v) is 12.9. The molecular weight excluding hydrogens is 276 g/mol. The molecule has 2 rings (SSSR count). The molecule has 0 bridgehead atoms. The smallest absolute Gasteiger partial charge is 0.407 e. The van der Waals surface area contributed by atoms with Crippen LogP contribution in [0.25, 0.3) is 0 Å². The largest absolute Gasteiger partial charge is 0.444 e. The first-order valence-electron chi connectivity index (χ1n) is 6.79. The van der Waals surface area contributed by atoms with Gasteiger partial charge in [0, 0.05) is 11.6 Å². The maximum Gasteiger partial charge on any atom is 0.407 e. The second kappa shape index (κ2) is 5.62. The first kappa shape index (κ1) is 15.1. The van der Waals surface area contributed by atoms with Gasteiger partial charge in [-0.2, -0.15) is 0 Å². The number of rotatable bonds is 3. The number of ether oxygens (including phenoxy) is 1. The van der Waals surface area contributed by atoms with E-state index in [0.717, 1.165) is 18.5 Å². The monoisotopic (exact) mass is 296 g/mol. The summed E-state index contributed by atoms with van der Waals surface area (Å²) in [7, 11) is 0. The average Bonchev–Trinajstić information content (AvgIpc) is 2.27. The summed E-state index contributed by atoms with van der Waals surface area (Å²) in [5.41, 5.74) is 0.440. The summed E-state index contributed by atoms with van der Waals surface area (Å²) in [4.78, 5) is 11.7. The molecule has 1 heterocycles. The Balaban J connectivity index is 1.98. The number of hydrogen-bond acceptors (Lipinski definition) is 3. The van der Waals surface area contributed by atoms with Gasteiger partial charge in [0.05, 0.1) is 5.54 Å². The number of amides is 1. The van der Waals surface area contributed by atoms with Crippen molar-refractivity contribution in [1.82, 2.24) is 10.6 Å². The molecule has 1 aromatic rings. The molecule has 4 nitrogen and oxygen atoms in total. The number of alkyl carbamates (subject to hydrolysis) is 1. The highest BCUT2D eigenvalue weighted by Crippen LogP contribution is 2.31. The zero-order valence-electron chi connectivity index (χ0n) is 12.1. The highest BCUT2D eigenvalue weighted by atomic mass is 35.5. The molecule has 1 amide bonds. The Labute approximate surface area is 124 Å². The lowest BCUT2D eigenvalue weighted by Crippen LogP contribution is -2.60. The van der Waals surface area contributed by atoms with Crippen molar-refractivity contribution in [2.45, 2.75) is 38.3 Å². The van der Waals surface area contributed by atoms with Gasteiger partial charge in [-0.15, -0.1) is 0 Å². The molecule has 0 aliphatic carbocycles. The SMILES string of the molecule is CC(C)(C)OC(=O)NCC1(c2ccc(Cl)cc2)CCN1. The molecule has 5 heteroatoms. The molecule has 110 valence electrons. The van der Waals surface area contributed by atoms with Crippen LogP contribution in [-0.2, 0) is 10.3 Å². The molecule has 1 aromatic carbocycles. The summed E-state index contributed by atoms with van der Waals surface area (Å²) in [5, 5.41) is 6.95. The van der Waals surface area contributed by atoms with Gasteiger partial charge in [0.25, 0.3) is 0 Å². The van der Waals surface area contributed by atoms with E-state index in [9.17, 15) is 4.79 Å². The predicted molar refractivity (Wildman–Crippen MR) is 80.0 cm³/mol. The molecule has 1 aliphatic heterocycles. The van der Waals surface area contributed by atoms with Gasteiger partial charge in [0.1, 0.15) is 5.60 Å². The van der Waals surface area contributed by atoms with Gasteiger partial charge in [0.2, 0.25) is 0 Å². The van der Waals surface area contributed by atoms with E-state index in [1.807, 2.05) is 45.0 Å². The number of carbonyl (C=O) groups is 1. The first-order chi connectivity index (χ1) is 9.31. The van der Waals surface area contributed by atoms with Crippen LogP contribution in [0, 0.1) is 0 Å². The Morgan fingerprint density at radius 2 is 2.00 bits per heavy atom. The van der Waals surface area contributed by atoms with Crippen LogP contribution in [0.1, 0.15) is 32.8 Å². The zero-order chi connectivity index (χ0) is 14.8. The van der Waals surface area contributed by atoms with Crippen LogP contribution in [0.4, 0.5) is 4.79 Å². The third kappa shape index (κ3) is 3.64. The Morgan fingerprint density at radius 3 is 2.45 bits per heavy atom. The number of halogens is 1. The molecule has 1 aliphatic rings. The maximum atomic E-state index is 11.7. The van der Waals surface area contributed by atoms with E-state index in [1.165, 1.54) is 0 Å². The van der Waals surface area contributed by atoms with Crippen LogP contribution in [0.3, 0.4) is 0 Å². The molecule has 20 heavy (non-hydrogen) atoms. The van der Waals surface area contributed by atoms with Crippen molar-refractivity contribution < 1.29 is 9.53 Å². The van der Waals surface area contributed by atoms with Crippen LogP contribution in [0.5, 0.6) is 0 Å². The summed E-state index contributed by atoms with van der Waals surface area (Å²) >= 11 is 5.91. The Bertz CT molecular complexity index is 476. The summed E-state index contributed by atoms with van der Waals surface area (Å²) in [5.74, 6) is 0. The van der Waals surface area contributed by atoms with Crippen LogP contribution in [0.15, 0.2) is 24.3 Å². The van der Waals surface area contributed by atoms with Crippen LogP contribution < -0.4 is 10.6 Å². The number of hydrogen-bond donors (Lipinski definition) is 2. The lowest BCUT2D eigenvalue weighted by molar-refractivity contribution is 0.0491. The molecule has 1 unspecified atom stereocenters. The van der Waals surface area contributed by atoms with Gasteiger partial charge >= 0.3 is 6.09 Å². The molecule has 0 aromatic heterocycles. The van der Waals surface area contributed by atoms with E-state index < -0.39 is 5.60 Å². The van der Waals surface area contributed by atoms with Crippen molar-refractivity contribution in [3.8, 4) is 0 Å². The van der Waals surface area contributed by atoms with E-state index >= 15 is 0 Å². The minimum absolute atomic E-state index is 0.207. The summed E-state index contributed by atoms with van der Waals surface area (Å²) in [6.07, 6.45) is 0.587. The van der Waals surface area contributed by atoms with Crippen molar-refractivity contribution in [3.63, 3.8) is 0 Å². The molecule has 1 saturated heterocycles. The van der Waals surface area contributed by atoms with Gasteiger partial charge in [-0.1, -0.05) is 23.7 Å². The van der Waals surface area contributed by atoms with E-state index in [4.69, 9.17) is 16.3 Å². The van der Waals surface area contributed by atoms with Gasteiger partial charge in [-0.3, -0.25) is 0 Å². The Hall–Kier alpha value is -1.26. The Kier molecular flexibility index (Phi) is 4.25. The highest BCUT2D eigenvalue weighted by molar-refractivity contribution is 6.30. The fraction of sp³-hybridized carbons (Fsp3) is 0.533. The minimum Gasteiger partial charge on any atom is -0.444 e. The van der Waals surface area contributed by atoms with E-state index in [1.54, 1.807) is 0 Å². The van der Waals surface area contributed by atoms with Gasteiger partial charge in [-0.05, 0) is 51.4 Å². The summed E-state index contributed by atoms with van der Waals surface area (Å²) < 4.78 is 5.26. The quantitative estimate of drug-likeness (QED) is 0.901. The van der Waals surface area contributed by atoms with Gasteiger partial charge in [0.15, 0.2) is 0 Å². The van der Waals surface area contributed by atoms with Crippen LogP contribution >= 0.6 is 11.6 Å². The van der Waals surface area contributed by atoms with Gasteiger partial charge < -0.3 is 15.4 Å². The second-order valence-corrected chi connectivity index (χ2v) is 6.56. The molecule has 0 radical (unpaired) electrons. The molecule has 1 fully saturated rings. The topological polar surface area (TPSA) is 50.4 Å². The molecule has 2 N–H and O–H groups in total. The third-order valence-electron chi connectivity index (χ3n) is 3.35. The van der Waals surface area contributed by atoms with Crippen LogP contribution in [-0.4, -0.2) is 24.8 Å². The average molecular weight is 297 g/mol. The maximum absolute atomic E-state index is 11.7. The standard InChI is InChI=1S/C15H21ClN2O2/c1-14(2,3)20-13(19)17-10-15(8-9-18-15)11-4-6-12(16)7-5-11/h4-7,18H,8-10H2,1-3H3,(H,17,19). The lowest BCUT2D eigenvalue weighted by atomic mass is 9.81. The number of benzene rings is 1. The van der Waals surface area contributed by atoms with E-state index in [2.05, 4.69) is 10.6 Å². The van der Waals surface area contributed by atoms with Crippen molar-refractivity contribution >= 4 is 17.7 Å². The molecular formula is C15H21ClN2O2. The number of nitrogens with one attached hydrogen (secondary N) is 2. The van der Waals surface area contributed by atoms with Crippen molar-refractivity contribution in [1.29, 1.82) is 0 Å². The minimum atomic E-state index is -0.482. The summed E-state index contributed by atoms with van der Waals surface area (Å²) in [6, 6.07) is 7.72. The Morgan fingerprint density at radius 1 is 1.40 bits per heavy atom. The van der Waals surface area contributed by atoms with Crippen LogP contribution in [0.2, 0.25) is 5.02 Å². The highest BCUT2D eigenvalue weighted by Gasteiger charge is 2.38. The van der Waals surface area contributed by atoms with Gasteiger partial charge in [-0.25, -0.2) is 4.79 Å². The fourth-order valence-electron chi connectivity index (χ4n) is 2.23. The van der Waals surface area contributed by atoms with E-state index in [-0.39, 0.29) is 11.6 Å². The van der Waals surface area contributed by atoms with Crippen molar-refractivity contribution in [2.75, 3.05) is 13.1 Å². The van der Waals surface area contributed by atoms with E-state index in [0.29, 0.717) is 11.6 Å². The number of carbonyl (C=O) groups excluding carboxylic acids is 1. The third-order valence-corrected chi connectivity index (χ3v) is 3.60. The second-order valence-electron chi connectivity index (χ2n) is 6.12. The normalized spacial score (nSPS) is 22.0. The first-order valence-corrected chi connectivity index (χ1v) is 7.16. The lowest BCUT2D eigenvalue weighted by Gasteiger charge is -2.44. The van der Waals surface area contributed by atoms with Crippen molar-refractivity contribution in [2.24, 2.45) is 0 Å². The summed E-state index contributed by atoms with van der Waals surface area (Å²) in [6.45, 7) is 7.00.